The van der Waals surface area contributed by atoms with Crippen LogP contribution in [-0.4, -0.2) is 18.1 Å². The zero-order chi connectivity index (χ0) is 14.0. The van der Waals surface area contributed by atoms with Crippen molar-refractivity contribution >= 4 is 10.1 Å². The number of phenols is 1. The van der Waals surface area contributed by atoms with Crippen LogP contribution in [0, 0.1) is 0 Å². The van der Waals surface area contributed by atoms with Crippen LogP contribution in [0.4, 0.5) is 0 Å². The summed E-state index contributed by atoms with van der Waals surface area (Å²) in [5.41, 5.74) is 1.06. The van der Waals surface area contributed by atoms with Gasteiger partial charge < -0.3 is 5.11 Å². The van der Waals surface area contributed by atoms with Gasteiger partial charge in [-0.2, -0.15) is 8.42 Å². The molecule has 1 atom stereocenters. The van der Waals surface area contributed by atoms with Crippen molar-refractivity contribution in [2.45, 2.75) is 17.7 Å². The van der Waals surface area contributed by atoms with Gasteiger partial charge in [-0.15, -0.1) is 0 Å². The van der Waals surface area contributed by atoms with E-state index in [1.807, 2.05) is 30.3 Å². The number of benzene rings is 2. The van der Waals surface area contributed by atoms with Crippen molar-refractivity contribution in [1.29, 1.82) is 0 Å². The number of hydrogen-bond donors (Lipinski definition) is 2. The third-order valence-corrected chi connectivity index (χ3v) is 3.97. The summed E-state index contributed by atoms with van der Waals surface area (Å²) in [5.74, 6) is -0.495. The van der Waals surface area contributed by atoms with E-state index in [9.17, 15) is 18.1 Å². The molecule has 0 spiro atoms. The van der Waals surface area contributed by atoms with Crippen molar-refractivity contribution < 1.29 is 18.1 Å². The molecule has 0 aliphatic heterocycles. The number of hydrogen-bond acceptors (Lipinski definition) is 3. The minimum Gasteiger partial charge on any atom is -0.508 e. The van der Waals surface area contributed by atoms with E-state index in [4.69, 9.17) is 0 Å². The van der Waals surface area contributed by atoms with E-state index in [-0.39, 0.29) is 22.1 Å². The second kappa shape index (κ2) is 5.03. The van der Waals surface area contributed by atoms with Crippen LogP contribution in [0.1, 0.15) is 24.0 Å². The van der Waals surface area contributed by atoms with E-state index in [0.717, 1.165) is 5.56 Å². The maximum Gasteiger partial charge on any atom is 0.294 e. The maximum atomic E-state index is 11.4. The summed E-state index contributed by atoms with van der Waals surface area (Å²) in [4.78, 5) is -0.260. The number of aromatic hydroxyl groups is 1. The summed E-state index contributed by atoms with van der Waals surface area (Å²) >= 11 is 0. The molecular formula is C14H14O4S. The average molecular weight is 278 g/mol. The molecule has 1 unspecified atom stereocenters. The molecule has 0 saturated carbocycles. The van der Waals surface area contributed by atoms with Gasteiger partial charge in [0.25, 0.3) is 10.1 Å². The van der Waals surface area contributed by atoms with Crippen molar-refractivity contribution in [3.8, 4) is 5.75 Å². The molecule has 0 bridgehead atoms. The largest absolute Gasteiger partial charge is 0.508 e. The van der Waals surface area contributed by atoms with Crippen LogP contribution < -0.4 is 0 Å². The van der Waals surface area contributed by atoms with Crippen molar-refractivity contribution in [2.24, 2.45) is 0 Å². The van der Waals surface area contributed by atoms with Crippen LogP contribution in [0.15, 0.2) is 53.4 Å². The van der Waals surface area contributed by atoms with Crippen LogP contribution in [-0.2, 0) is 10.1 Å². The lowest BCUT2D eigenvalue weighted by Gasteiger charge is -2.16. The molecule has 19 heavy (non-hydrogen) atoms. The lowest BCUT2D eigenvalue weighted by atomic mass is 9.92. The quantitative estimate of drug-likeness (QED) is 0.847. The predicted molar refractivity (Wildman–Crippen MR) is 71.9 cm³/mol. The fourth-order valence-electron chi connectivity index (χ4n) is 2.10. The Bertz CT molecular complexity index is 678. The summed E-state index contributed by atoms with van der Waals surface area (Å²) in [6.45, 7) is 1.78. The molecule has 0 aliphatic rings. The Labute approximate surface area is 112 Å². The highest BCUT2D eigenvalue weighted by atomic mass is 32.2. The molecule has 2 rings (SSSR count). The summed E-state index contributed by atoms with van der Waals surface area (Å²) in [6, 6.07) is 13.3. The molecule has 0 fully saturated rings. The van der Waals surface area contributed by atoms with Crippen LogP contribution in [0.3, 0.4) is 0 Å². The van der Waals surface area contributed by atoms with Crippen LogP contribution in [0.5, 0.6) is 5.75 Å². The third kappa shape index (κ3) is 2.77. The van der Waals surface area contributed by atoms with Gasteiger partial charge in [0, 0.05) is 11.5 Å². The van der Waals surface area contributed by atoms with Gasteiger partial charge in [0.15, 0.2) is 0 Å². The van der Waals surface area contributed by atoms with Crippen LogP contribution in [0.25, 0.3) is 0 Å². The minimum atomic E-state index is -4.37. The smallest absolute Gasteiger partial charge is 0.294 e. The molecule has 0 radical (unpaired) electrons. The van der Waals surface area contributed by atoms with E-state index in [0.29, 0.717) is 0 Å². The zero-order valence-electron chi connectivity index (χ0n) is 10.3. The molecule has 100 valence electrons. The van der Waals surface area contributed by atoms with Crippen molar-refractivity contribution in [3.05, 3.63) is 59.7 Å². The maximum absolute atomic E-state index is 11.4. The molecular weight excluding hydrogens is 264 g/mol. The highest BCUT2D eigenvalue weighted by Crippen LogP contribution is 2.35. The fourth-order valence-corrected chi connectivity index (χ4v) is 2.91. The fraction of sp³-hybridized carbons (Fsp3) is 0.143. The highest BCUT2D eigenvalue weighted by Gasteiger charge is 2.23. The SMILES string of the molecule is CC(c1ccccc1)c1c(O)cccc1S(=O)(=O)O. The molecule has 0 heterocycles. The van der Waals surface area contributed by atoms with Crippen molar-refractivity contribution in [3.63, 3.8) is 0 Å². The Kier molecular flexibility index (Phi) is 3.59. The van der Waals surface area contributed by atoms with E-state index in [1.165, 1.54) is 18.2 Å². The molecule has 0 saturated heterocycles. The van der Waals surface area contributed by atoms with E-state index >= 15 is 0 Å². The van der Waals surface area contributed by atoms with Gasteiger partial charge in [0.2, 0.25) is 0 Å². The summed E-state index contributed by atoms with van der Waals surface area (Å²) < 4.78 is 32.0. The van der Waals surface area contributed by atoms with Gasteiger partial charge in [0.05, 0.1) is 0 Å². The van der Waals surface area contributed by atoms with E-state index in [1.54, 1.807) is 6.92 Å². The molecule has 0 aromatic heterocycles. The lowest BCUT2D eigenvalue weighted by Crippen LogP contribution is -2.07. The Hall–Kier alpha value is -1.85. The molecule has 0 amide bonds. The minimum absolute atomic E-state index is 0.147. The van der Waals surface area contributed by atoms with Gasteiger partial charge in [-0.25, -0.2) is 0 Å². The Morgan fingerprint density at radius 1 is 1.00 bits per heavy atom. The predicted octanol–water partition coefficient (Wildman–Crippen LogP) is 2.79. The molecule has 5 heteroatoms. The van der Waals surface area contributed by atoms with E-state index < -0.39 is 10.1 Å². The molecule has 0 aliphatic carbocycles. The summed E-state index contributed by atoms with van der Waals surface area (Å²) in [7, 11) is -4.37. The second-order valence-corrected chi connectivity index (χ2v) is 5.69. The van der Waals surface area contributed by atoms with E-state index in [2.05, 4.69) is 0 Å². The van der Waals surface area contributed by atoms with Gasteiger partial charge >= 0.3 is 0 Å². The Morgan fingerprint density at radius 2 is 1.63 bits per heavy atom. The number of phenolic OH excluding ortho intramolecular Hbond substituents is 1. The summed E-state index contributed by atoms with van der Waals surface area (Å²) in [6.07, 6.45) is 0. The van der Waals surface area contributed by atoms with Gasteiger partial charge in [0.1, 0.15) is 10.6 Å². The van der Waals surface area contributed by atoms with Crippen LogP contribution in [0.2, 0.25) is 0 Å². The third-order valence-electron chi connectivity index (χ3n) is 3.05. The lowest BCUT2D eigenvalue weighted by molar-refractivity contribution is 0.455. The van der Waals surface area contributed by atoms with Gasteiger partial charge in [-0.05, 0) is 17.7 Å². The first kappa shape index (κ1) is 13.6. The molecule has 2 aromatic rings. The summed E-state index contributed by atoms with van der Waals surface area (Å²) in [5, 5.41) is 9.91. The van der Waals surface area contributed by atoms with Gasteiger partial charge in [-0.1, -0.05) is 43.3 Å². The van der Waals surface area contributed by atoms with Gasteiger partial charge in [-0.3, -0.25) is 4.55 Å². The Balaban J connectivity index is 2.63. The molecule has 2 aromatic carbocycles. The first-order valence-electron chi connectivity index (χ1n) is 5.75. The molecule has 2 N–H and O–H groups in total. The monoisotopic (exact) mass is 278 g/mol. The topological polar surface area (TPSA) is 74.6 Å². The van der Waals surface area contributed by atoms with Crippen LogP contribution >= 0.6 is 0 Å². The van der Waals surface area contributed by atoms with Crippen molar-refractivity contribution in [1.82, 2.24) is 0 Å². The standard InChI is InChI=1S/C14H14O4S/c1-10(11-6-3-2-4-7-11)14-12(15)8-5-9-13(14)19(16,17)18/h2-10,15H,1H3,(H,16,17,18). The van der Waals surface area contributed by atoms with Crippen molar-refractivity contribution in [2.75, 3.05) is 0 Å². The normalized spacial score (nSPS) is 13.2. The first-order valence-corrected chi connectivity index (χ1v) is 7.19. The molecule has 4 nitrogen and oxygen atoms in total. The zero-order valence-corrected chi connectivity index (χ0v) is 11.1. The average Bonchev–Trinajstić information content (AvgIpc) is 2.37. The first-order chi connectivity index (χ1) is 8.91. The number of rotatable bonds is 3. The highest BCUT2D eigenvalue weighted by molar-refractivity contribution is 7.85. The second-order valence-electron chi connectivity index (χ2n) is 4.30. The Morgan fingerprint density at radius 3 is 2.21 bits per heavy atom.